The lowest BCUT2D eigenvalue weighted by molar-refractivity contribution is 0.426. The van der Waals surface area contributed by atoms with Crippen LogP contribution >= 0.6 is 11.8 Å². The summed E-state index contributed by atoms with van der Waals surface area (Å²) in [5, 5.41) is 4.03. The average Bonchev–Trinajstić information content (AvgIpc) is 2.83. The van der Waals surface area contributed by atoms with E-state index < -0.39 is 11.3 Å². The Morgan fingerprint density at radius 3 is 2.58 bits per heavy atom. The SMILES string of the molecule is NS(=O)[O-].c1ccc2c(c1)SCN2C1CCCCC1. The molecule has 4 nitrogen and oxygen atoms in total. The molecule has 2 N–H and O–H groups in total. The Morgan fingerprint density at radius 1 is 1.26 bits per heavy atom. The highest BCUT2D eigenvalue weighted by Crippen LogP contribution is 2.41. The van der Waals surface area contributed by atoms with E-state index >= 15 is 0 Å². The van der Waals surface area contributed by atoms with Gasteiger partial charge in [-0.25, -0.2) is 0 Å². The topological polar surface area (TPSA) is 69.4 Å². The summed E-state index contributed by atoms with van der Waals surface area (Å²) in [6.07, 6.45) is 7.09. The summed E-state index contributed by atoms with van der Waals surface area (Å²) in [5.74, 6) is 1.17. The van der Waals surface area contributed by atoms with Gasteiger partial charge in [-0.15, -0.1) is 11.8 Å². The first-order valence-corrected chi connectivity index (χ1v) is 8.63. The van der Waals surface area contributed by atoms with Gasteiger partial charge in [0.05, 0.1) is 11.6 Å². The van der Waals surface area contributed by atoms with Gasteiger partial charge in [-0.3, -0.25) is 9.35 Å². The highest BCUT2D eigenvalue weighted by Gasteiger charge is 2.27. The van der Waals surface area contributed by atoms with E-state index in [1.54, 1.807) is 0 Å². The second-order valence-electron chi connectivity index (χ2n) is 4.76. The third kappa shape index (κ3) is 4.21. The van der Waals surface area contributed by atoms with E-state index in [2.05, 4.69) is 34.3 Å². The molecule has 0 radical (unpaired) electrons. The third-order valence-corrected chi connectivity index (χ3v) is 4.61. The van der Waals surface area contributed by atoms with Crippen LogP contribution in [0.3, 0.4) is 0 Å². The van der Waals surface area contributed by atoms with E-state index in [0.717, 1.165) is 6.04 Å². The van der Waals surface area contributed by atoms with Crippen molar-refractivity contribution in [1.29, 1.82) is 0 Å². The summed E-state index contributed by atoms with van der Waals surface area (Å²) in [4.78, 5) is 4.10. The van der Waals surface area contributed by atoms with Crippen molar-refractivity contribution in [3.05, 3.63) is 24.3 Å². The molecule has 1 aromatic carbocycles. The number of hydrogen-bond donors (Lipinski definition) is 1. The molecule has 1 atom stereocenters. The Morgan fingerprint density at radius 2 is 1.89 bits per heavy atom. The number of benzene rings is 1. The lowest BCUT2D eigenvalue weighted by atomic mass is 9.94. The van der Waals surface area contributed by atoms with Crippen molar-refractivity contribution >= 4 is 28.7 Å². The first-order chi connectivity index (χ1) is 9.18. The fourth-order valence-corrected chi connectivity index (χ4v) is 3.86. The first kappa shape index (κ1) is 14.8. The lowest BCUT2D eigenvalue weighted by Gasteiger charge is -2.32. The molecular weight excluding hydrogens is 280 g/mol. The third-order valence-electron chi connectivity index (χ3n) is 3.55. The largest absolute Gasteiger partial charge is 0.760 e. The van der Waals surface area contributed by atoms with Crippen LogP contribution in [0.15, 0.2) is 29.2 Å². The minimum atomic E-state index is -2.36. The normalized spacial score (nSPS) is 20.4. The van der Waals surface area contributed by atoms with Crippen molar-refractivity contribution in [1.82, 2.24) is 0 Å². The van der Waals surface area contributed by atoms with E-state index in [0.29, 0.717) is 0 Å². The molecule has 1 unspecified atom stereocenters. The van der Waals surface area contributed by atoms with E-state index in [1.165, 1.54) is 48.6 Å². The molecule has 3 rings (SSSR count). The predicted octanol–water partition coefficient (Wildman–Crippen LogP) is 2.63. The van der Waals surface area contributed by atoms with Crippen LogP contribution < -0.4 is 10.0 Å². The predicted molar refractivity (Wildman–Crippen MR) is 79.6 cm³/mol. The van der Waals surface area contributed by atoms with Crippen molar-refractivity contribution < 1.29 is 8.76 Å². The molecule has 0 aromatic heterocycles. The zero-order valence-corrected chi connectivity index (χ0v) is 12.4. The minimum Gasteiger partial charge on any atom is -0.760 e. The molecule has 1 aliphatic carbocycles. The molecule has 1 aromatic rings. The van der Waals surface area contributed by atoms with E-state index in [9.17, 15) is 0 Å². The Hall–Kier alpha value is -0.560. The first-order valence-electron chi connectivity index (χ1n) is 6.50. The second kappa shape index (κ2) is 7.28. The van der Waals surface area contributed by atoms with Crippen LogP contribution in [0.2, 0.25) is 0 Å². The molecule has 1 aliphatic heterocycles. The van der Waals surface area contributed by atoms with Gasteiger partial charge in [-0.2, -0.15) is 0 Å². The van der Waals surface area contributed by atoms with Crippen molar-refractivity contribution in [2.45, 2.75) is 43.0 Å². The molecule has 0 spiro atoms. The zero-order valence-electron chi connectivity index (χ0n) is 10.8. The molecule has 1 saturated carbocycles. The summed E-state index contributed by atoms with van der Waals surface area (Å²) < 4.78 is 17.6. The number of nitrogens with two attached hydrogens (primary N) is 1. The van der Waals surface area contributed by atoms with Crippen LogP contribution in [-0.2, 0) is 11.3 Å². The van der Waals surface area contributed by atoms with Gasteiger partial charge in [0.1, 0.15) is 0 Å². The van der Waals surface area contributed by atoms with Crippen LogP contribution in [0.5, 0.6) is 0 Å². The fraction of sp³-hybridized carbons (Fsp3) is 0.538. The molecule has 1 fully saturated rings. The van der Waals surface area contributed by atoms with Gasteiger partial charge in [-0.05, 0) is 25.0 Å². The molecule has 0 bridgehead atoms. The summed E-state index contributed by atoms with van der Waals surface area (Å²) in [6.45, 7) is 0. The average molecular weight is 299 g/mol. The van der Waals surface area contributed by atoms with Gasteiger partial charge in [0.15, 0.2) is 0 Å². The number of hydrogen-bond acceptors (Lipinski definition) is 4. The quantitative estimate of drug-likeness (QED) is 0.809. The maximum absolute atomic E-state index is 8.78. The fourth-order valence-electron chi connectivity index (χ4n) is 2.72. The number of nitrogens with zero attached hydrogens (tertiary/aromatic N) is 1. The molecule has 0 amide bonds. The van der Waals surface area contributed by atoms with Crippen LogP contribution in [0.1, 0.15) is 32.1 Å². The van der Waals surface area contributed by atoms with E-state index in [-0.39, 0.29) is 0 Å². The van der Waals surface area contributed by atoms with Crippen LogP contribution in [0.25, 0.3) is 0 Å². The summed E-state index contributed by atoms with van der Waals surface area (Å²) in [7, 11) is 0. The summed E-state index contributed by atoms with van der Waals surface area (Å²) >= 11 is -0.366. The van der Waals surface area contributed by atoms with Crippen LogP contribution in [0, 0.1) is 0 Å². The molecule has 2 aliphatic rings. The molecule has 19 heavy (non-hydrogen) atoms. The molecular formula is C13H19N2O2S2-. The van der Waals surface area contributed by atoms with Crippen molar-refractivity contribution in [2.75, 3.05) is 10.8 Å². The maximum atomic E-state index is 8.78. The minimum absolute atomic E-state index is 0.815. The summed E-state index contributed by atoms with van der Waals surface area (Å²) in [6, 6.07) is 9.67. The Balaban J connectivity index is 0.000000297. The molecule has 1 heterocycles. The number of para-hydroxylation sites is 1. The standard InChI is InChI=1S/C13H17NS.H3NO2S/c1-2-6-11(7-3-1)14-10-15-13-9-5-4-8-12(13)14;1-4(2)3/h4-5,8-9,11H,1-3,6-7,10H2;1H2,(H,2,3)/p-1. The number of thioether (sulfide) groups is 1. The van der Waals surface area contributed by atoms with Gasteiger partial charge < -0.3 is 9.45 Å². The Labute approximate surface area is 121 Å². The molecule has 106 valence electrons. The highest BCUT2D eigenvalue weighted by molar-refractivity contribution is 7.99. The molecule has 6 heteroatoms. The maximum Gasteiger partial charge on any atom is 0.0690 e. The zero-order chi connectivity index (χ0) is 13.7. The smallest absolute Gasteiger partial charge is 0.0690 e. The van der Waals surface area contributed by atoms with E-state index in [4.69, 9.17) is 8.76 Å². The van der Waals surface area contributed by atoms with Crippen LogP contribution in [0.4, 0.5) is 5.69 Å². The summed E-state index contributed by atoms with van der Waals surface area (Å²) in [5.41, 5.74) is 1.48. The van der Waals surface area contributed by atoms with Crippen molar-refractivity contribution in [2.24, 2.45) is 5.14 Å². The second-order valence-corrected chi connectivity index (χ2v) is 6.27. The van der Waals surface area contributed by atoms with Crippen molar-refractivity contribution in [3.63, 3.8) is 0 Å². The van der Waals surface area contributed by atoms with E-state index in [1.807, 2.05) is 11.8 Å². The van der Waals surface area contributed by atoms with Gasteiger partial charge >= 0.3 is 0 Å². The monoisotopic (exact) mass is 299 g/mol. The van der Waals surface area contributed by atoms with Gasteiger partial charge in [0.2, 0.25) is 0 Å². The number of anilines is 1. The molecule has 0 saturated heterocycles. The highest BCUT2D eigenvalue weighted by atomic mass is 32.2. The van der Waals surface area contributed by atoms with Gasteiger partial charge in [0.25, 0.3) is 0 Å². The Kier molecular flexibility index (Phi) is 5.69. The van der Waals surface area contributed by atoms with Gasteiger partial charge in [0, 0.05) is 22.2 Å². The van der Waals surface area contributed by atoms with Crippen LogP contribution in [-0.4, -0.2) is 20.7 Å². The number of fused-ring (bicyclic) bond motifs is 1. The van der Waals surface area contributed by atoms with Gasteiger partial charge in [-0.1, -0.05) is 31.4 Å². The number of rotatable bonds is 1. The Bertz CT molecular complexity index is 432. The lowest BCUT2D eigenvalue weighted by Crippen LogP contribution is -2.34. The van der Waals surface area contributed by atoms with Crippen molar-refractivity contribution in [3.8, 4) is 0 Å².